The highest BCUT2D eigenvalue weighted by Gasteiger charge is 2.21. The smallest absolute Gasteiger partial charge is 0.338 e. The molecular weight excluding hydrogens is 374 g/mol. The summed E-state index contributed by atoms with van der Waals surface area (Å²) < 4.78 is 16.1. The van der Waals surface area contributed by atoms with Crippen LogP contribution in [0.5, 0.6) is 11.5 Å². The first kappa shape index (κ1) is 22.2. The number of nitrogens with one attached hydrogen (secondary N) is 1. The van der Waals surface area contributed by atoms with Crippen LogP contribution in [0.1, 0.15) is 63.2 Å². The fraction of sp³-hybridized carbons (Fsp3) is 0.409. The lowest BCUT2D eigenvalue weighted by Crippen LogP contribution is -2.15. The lowest BCUT2D eigenvalue weighted by atomic mass is 10.1. The topological polar surface area (TPSA) is 94.7 Å². The van der Waals surface area contributed by atoms with Crippen LogP contribution in [0.4, 0.5) is 0 Å². The quantitative estimate of drug-likeness (QED) is 0.506. The van der Waals surface area contributed by atoms with Crippen LogP contribution in [-0.4, -0.2) is 42.8 Å². The molecule has 0 saturated heterocycles. The zero-order valence-corrected chi connectivity index (χ0v) is 17.7. The minimum Gasteiger partial charge on any atom is -0.493 e. The van der Waals surface area contributed by atoms with Gasteiger partial charge in [0, 0.05) is 11.3 Å². The Morgan fingerprint density at radius 1 is 1.10 bits per heavy atom. The second-order valence-electron chi connectivity index (χ2n) is 7.25. The van der Waals surface area contributed by atoms with E-state index in [2.05, 4.69) is 4.98 Å². The Balaban J connectivity index is 2.08. The van der Waals surface area contributed by atoms with E-state index in [1.165, 1.54) is 20.1 Å². The minimum atomic E-state index is -0.653. The maximum atomic E-state index is 12.5. The van der Waals surface area contributed by atoms with Crippen molar-refractivity contribution < 1.29 is 28.6 Å². The third kappa shape index (κ3) is 5.25. The predicted octanol–water partition coefficient (Wildman–Crippen LogP) is 3.92. The van der Waals surface area contributed by atoms with E-state index in [9.17, 15) is 14.4 Å². The molecule has 1 aromatic carbocycles. The van der Waals surface area contributed by atoms with E-state index in [4.69, 9.17) is 14.2 Å². The summed E-state index contributed by atoms with van der Waals surface area (Å²) in [6.45, 7) is 9.00. The van der Waals surface area contributed by atoms with Crippen molar-refractivity contribution in [2.75, 3.05) is 20.3 Å². The van der Waals surface area contributed by atoms with Crippen LogP contribution in [0, 0.1) is 19.8 Å². The molecule has 0 saturated carbocycles. The van der Waals surface area contributed by atoms with E-state index < -0.39 is 18.4 Å². The van der Waals surface area contributed by atoms with Gasteiger partial charge in [-0.2, -0.15) is 0 Å². The number of hydrogen-bond acceptors (Lipinski definition) is 6. The molecule has 0 radical (unpaired) electrons. The number of carbonyl (C=O) groups is 3. The van der Waals surface area contributed by atoms with Gasteiger partial charge in [0.15, 0.2) is 23.9 Å². The number of carbonyl (C=O) groups excluding carboxylic acids is 3. The standard InChI is InChI=1S/C22H27NO6/c1-12(2)10-28-18-8-7-16(9-19(18)27-6)22(26)29-11-17(25)21-13(3)20(15(5)24)14(4)23-21/h7-9,12,23H,10-11H2,1-6H3. The summed E-state index contributed by atoms with van der Waals surface area (Å²) in [5, 5.41) is 0. The first-order valence-electron chi connectivity index (χ1n) is 9.36. The second-order valence-corrected chi connectivity index (χ2v) is 7.25. The summed E-state index contributed by atoms with van der Waals surface area (Å²) in [6.07, 6.45) is 0. The summed E-state index contributed by atoms with van der Waals surface area (Å²) in [6, 6.07) is 4.71. The lowest BCUT2D eigenvalue weighted by molar-refractivity contribution is 0.0473. The van der Waals surface area contributed by atoms with Crippen molar-refractivity contribution in [3.8, 4) is 11.5 Å². The molecule has 1 heterocycles. The molecule has 2 aromatic rings. The summed E-state index contributed by atoms with van der Waals surface area (Å²) in [7, 11) is 1.49. The lowest BCUT2D eigenvalue weighted by Gasteiger charge is -2.13. The van der Waals surface area contributed by atoms with E-state index in [1.807, 2.05) is 13.8 Å². The maximum absolute atomic E-state index is 12.5. The average molecular weight is 401 g/mol. The van der Waals surface area contributed by atoms with Gasteiger partial charge in [0.05, 0.1) is 25.0 Å². The van der Waals surface area contributed by atoms with Crippen molar-refractivity contribution in [3.63, 3.8) is 0 Å². The first-order chi connectivity index (χ1) is 13.6. The molecule has 0 spiro atoms. The summed E-state index contributed by atoms with van der Waals surface area (Å²) in [5.74, 6) is 0.102. The third-order valence-corrected chi connectivity index (χ3v) is 4.37. The van der Waals surface area contributed by atoms with Gasteiger partial charge in [-0.15, -0.1) is 0 Å². The summed E-state index contributed by atoms with van der Waals surface area (Å²) in [5.41, 5.74) is 2.18. The van der Waals surface area contributed by atoms with Crippen molar-refractivity contribution in [2.24, 2.45) is 5.92 Å². The molecule has 156 valence electrons. The highest BCUT2D eigenvalue weighted by Crippen LogP contribution is 2.29. The monoisotopic (exact) mass is 401 g/mol. The van der Waals surface area contributed by atoms with Gasteiger partial charge >= 0.3 is 5.97 Å². The SMILES string of the molecule is COc1cc(C(=O)OCC(=O)c2[nH]c(C)c(C(C)=O)c2C)ccc1OCC(C)C. The number of benzene rings is 1. The first-order valence-corrected chi connectivity index (χ1v) is 9.36. The predicted molar refractivity (Wildman–Crippen MR) is 108 cm³/mol. The molecule has 29 heavy (non-hydrogen) atoms. The van der Waals surface area contributed by atoms with E-state index in [0.29, 0.717) is 40.8 Å². The Morgan fingerprint density at radius 3 is 2.34 bits per heavy atom. The number of methoxy groups -OCH3 is 1. The molecule has 7 nitrogen and oxygen atoms in total. The molecular formula is C22H27NO6. The Kier molecular flexibility index (Phi) is 7.20. The zero-order valence-electron chi connectivity index (χ0n) is 17.7. The van der Waals surface area contributed by atoms with Crippen molar-refractivity contribution in [1.29, 1.82) is 0 Å². The van der Waals surface area contributed by atoms with Crippen molar-refractivity contribution >= 4 is 17.5 Å². The number of hydrogen-bond donors (Lipinski definition) is 1. The average Bonchev–Trinajstić information content (AvgIpc) is 2.98. The fourth-order valence-electron chi connectivity index (χ4n) is 3.01. The van der Waals surface area contributed by atoms with Gasteiger partial charge in [-0.05, 0) is 50.5 Å². The van der Waals surface area contributed by atoms with Crippen LogP contribution >= 0.6 is 0 Å². The fourth-order valence-corrected chi connectivity index (χ4v) is 3.01. The van der Waals surface area contributed by atoms with Crippen LogP contribution in [0.3, 0.4) is 0 Å². The van der Waals surface area contributed by atoms with Crippen molar-refractivity contribution in [2.45, 2.75) is 34.6 Å². The van der Waals surface area contributed by atoms with E-state index in [1.54, 1.807) is 26.0 Å². The zero-order chi connectivity index (χ0) is 21.7. The van der Waals surface area contributed by atoms with E-state index in [0.717, 1.165) is 0 Å². The van der Waals surface area contributed by atoms with Crippen LogP contribution in [-0.2, 0) is 4.74 Å². The van der Waals surface area contributed by atoms with E-state index in [-0.39, 0.29) is 17.0 Å². The van der Waals surface area contributed by atoms with Gasteiger partial charge in [-0.1, -0.05) is 13.8 Å². The molecule has 1 N–H and O–H groups in total. The molecule has 0 unspecified atom stereocenters. The number of H-pyrrole nitrogens is 1. The highest BCUT2D eigenvalue weighted by atomic mass is 16.5. The van der Waals surface area contributed by atoms with Crippen LogP contribution in [0.2, 0.25) is 0 Å². The molecule has 0 aliphatic carbocycles. The van der Waals surface area contributed by atoms with Gasteiger partial charge < -0.3 is 19.2 Å². The third-order valence-electron chi connectivity index (χ3n) is 4.37. The van der Waals surface area contributed by atoms with Gasteiger partial charge in [0.1, 0.15) is 0 Å². The Bertz CT molecular complexity index is 926. The number of ether oxygens (including phenoxy) is 3. The van der Waals surface area contributed by atoms with Crippen molar-refractivity contribution in [1.82, 2.24) is 4.98 Å². The maximum Gasteiger partial charge on any atom is 0.338 e. The Hall–Kier alpha value is -3.09. The normalized spacial score (nSPS) is 10.7. The molecule has 7 heteroatoms. The number of ketones is 2. The molecule has 0 aliphatic rings. The van der Waals surface area contributed by atoms with Gasteiger partial charge in [-0.25, -0.2) is 4.79 Å². The molecule has 0 bridgehead atoms. The molecule has 0 aliphatic heterocycles. The minimum absolute atomic E-state index is 0.126. The van der Waals surface area contributed by atoms with E-state index >= 15 is 0 Å². The highest BCUT2D eigenvalue weighted by molar-refractivity contribution is 6.04. The molecule has 2 rings (SSSR count). The van der Waals surface area contributed by atoms with Gasteiger partial charge in [0.2, 0.25) is 5.78 Å². The van der Waals surface area contributed by atoms with Crippen LogP contribution in [0.25, 0.3) is 0 Å². The Labute approximate surface area is 170 Å². The largest absolute Gasteiger partial charge is 0.493 e. The van der Waals surface area contributed by atoms with Crippen molar-refractivity contribution in [3.05, 3.63) is 46.3 Å². The molecule has 0 amide bonds. The number of aromatic amines is 1. The molecule has 1 aromatic heterocycles. The second kappa shape index (κ2) is 9.41. The number of esters is 1. The van der Waals surface area contributed by atoms with Gasteiger partial charge in [0.25, 0.3) is 0 Å². The number of rotatable bonds is 9. The summed E-state index contributed by atoms with van der Waals surface area (Å²) in [4.78, 5) is 39.4. The van der Waals surface area contributed by atoms with Gasteiger partial charge in [-0.3, -0.25) is 9.59 Å². The number of aromatic nitrogens is 1. The van der Waals surface area contributed by atoms with Crippen LogP contribution < -0.4 is 9.47 Å². The van der Waals surface area contributed by atoms with Crippen LogP contribution in [0.15, 0.2) is 18.2 Å². The Morgan fingerprint density at radius 2 is 1.79 bits per heavy atom. The number of Topliss-reactive ketones (excluding diaryl/α,β-unsaturated/α-hetero) is 2. The molecule has 0 fully saturated rings. The number of aryl methyl sites for hydroxylation is 1. The molecule has 0 atom stereocenters. The summed E-state index contributed by atoms with van der Waals surface area (Å²) >= 11 is 0.